The number of ether oxygens (including phenoxy) is 3. The molecule has 0 radical (unpaired) electrons. The van der Waals surface area contributed by atoms with Gasteiger partial charge in [0.2, 0.25) is 0 Å². The monoisotopic (exact) mass is 403 g/mol. The van der Waals surface area contributed by atoms with E-state index in [0.717, 1.165) is 16.7 Å². The quantitative estimate of drug-likeness (QED) is 0.677. The molecule has 1 aliphatic heterocycles. The summed E-state index contributed by atoms with van der Waals surface area (Å²) in [6.45, 7) is 0.0686. The van der Waals surface area contributed by atoms with Gasteiger partial charge in [0, 0.05) is 12.1 Å². The zero-order chi connectivity index (χ0) is 20.3. The Hall–Kier alpha value is -3.00. The van der Waals surface area contributed by atoms with E-state index < -0.39 is 11.1 Å². The largest absolute Gasteiger partial charge is 0.496 e. The minimum Gasteiger partial charge on any atom is -0.496 e. The van der Waals surface area contributed by atoms with Crippen molar-refractivity contribution < 1.29 is 28.2 Å². The lowest BCUT2D eigenvalue weighted by atomic mass is 10.1. The molecule has 0 aliphatic carbocycles. The molecular weight excluding hydrogens is 385 g/mol. The Balaban J connectivity index is 1.92. The maximum atomic E-state index is 13.1. The molecule has 0 unspecified atom stereocenters. The van der Waals surface area contributed by atoms with Crippen molar-refractivity contribution >= 4 is 29.0 Å². The van der Waals surface area contributed by atoms with Gasteiger partial charge in [-0.1, -0.05) is 12.1 Å². The van der Waals surface area contributed by atoms with E-state index in [1.165, 1.54) is 45.6 Å². The summed E-state index contributed by atoms with van der Waals surface area (Å²) in [5.41, 5.74) is 1.18. The molecule has 0 spiro atoms. The molecule has 0 bridgehead atoms. The minimum absolute atomic E-state index is 0.0686. The fourth-order valence-corrected chi connectivity index (χ4v) is 3.53. The first kappa shape index (κ1) is 19.8. The number of carbonyl (C=O) groups excluding carboxylic acids is 2. The third kappa shape index (κ3) is 3.96. The van der Waals surface area contributed by atoms with Crippen LogP contribution in [0.25, 0.3) is 6.08 Å². The molecule has 0 aromatic heterocycles. The number of thioether (sulfide) groups is 1. The SMILES string of the molecule is COc1cc(OC)c(C=C2SC(=O)N(Cc3ccc(F)cc3)C2=O)c(OC)c1. The number of nitrogens with zero attached hydrogens (tertiary/aromatic N) is 1. The number of amides is 2. The minimum atomic E-state index is -0.431. The average molecular weight is 403 g/mol. The van der Waals surface area contributed by atoms with Gasteiger partial charge in [-0.05, 0) is 35.5 Å². The van der Waals surface area contributed by atoms with Gasteiger partial charge in [0.15, 0.2) is 0 Å². The normalized spacial score (nSPS) is 15.3. The first-order valence-electron chi connectivity index (χ1n) is 8.26. The van der Waals surface area contributed by atoms with Crippen LogP contribution in [0.2, 0.25) is 0 Å². The lowest BCUT2D eigenvalue weighted by Gasteiger charge is -2.13. The third-order valence-electron chi connectivity index (χ3n) is 4.16. The number of rotatable bonds is 6. The molecule has 0 N–H and O–H groups in total. The van der Waals surface area contributed by atoms with Gasteiger partial charge in [0.1, 0.15) is 23.1 Å². The van der Waals surface area contributed by atoms with Gasteiger partial charge in [0.05, 0.1) is 38.3 Å². The number of carbonyl (C=O) groups is 2. The summed E-state index contributed by atoms with van der Waals surface area (Å²) in [6, 6.07) is 8.98. The fourth-order valence-electron chi connectivity index (χ4n) is 2.71. The van der Waals surface area contributed by atoms with E-state index in [0.29, 0.717) is 28.4 Å². The number of imide groups is 1. The van der Waals surface area contributed by atoms with Crippen LogP contribution in [0.1, 0.15) is 11.1 Å². The predicted octanol–water partition coefficient (Wildman–Crippen LogP) is 4.09. The number of hydrogen-bond donors (Lipinski definition) is 0. The summed E-state index contributed by atoms with van der Waals surface area (Å²) in [7, 11) is 4.51. The van der Waals surface area contributed by atoms with E-state index in [1.54, 1.807) is 18.2 Å². The van der Waals surface area contributed by atoms with E-state index >= 15 is 0 Å². The Labute approximate surface area is 165 Å². The molecule has 2 aromatic carbocycles. The molecule has 0 atom stereocenters. The van der Waals surface area contributed by atoms with Crippen molar-refractivity contribution in [2.24, 2.45) is 0 Å². The second-order valence-corrected chi connectivity index (χ2v) is 6.83. The standard InChI is InChI=1S/C20H18FNO5S/c1-25-14-8-16(26-2)15(17(9-14)27-3)10-18-19(23)22(20(24)28-18)11-12-4-6-13(21)7-5-12/h4-10H,11H2,1-3H3. The molecule has 8 heteroatoms. The first-order valence-corrected chi connectivity index (χ1v) is 9.08. The molecule has 146 valence electrons. The molecule has 2 aromatic rings. The molecule has 1 heterocycles. The van der Waals surface area contributed by atoms with Gasteiger partial charge in [-0.15, -0.1) is 0 Å². The van der Waals surface area contributed by atoms with Gasteiger partial charge in [-0.25, -0.2) is 4.39 Å². The van der Waals surface area contributed by atoms with Gasteiger partial charge >= 0.3 is 0 Å². The highest BCUT2D eigenvalue weighted by Crippen LogP contribution is 2.40. The maximum absolute atomic E-state index is 13.1. The summed E-state index contributed by atoms with van der Waals surface area (Å²) in [6.07, 6.45) is 1.56. The highest BCUT2D eigenvalue weighted by atomic mass is 32.2. The molecule has 1 fully saturated rings. The Morgan fingerprint density at radius 3 is 2.14 bits per heavy atom. The van der Waals surface area contributed by atoms with E-state index in [4.69, 9.17) is 14.2 Å². The average Bonchev–Trinajstić information content (AvgIpc) is 2.97. The van der Waals surface area contributed by atoms with Crippen molar-refractivity contribution in [2.75, 3.05) is 21.3 Å². The molecule has 1 aliphatic rings. The van der Waals surface area contributed by atoms with Crippen molar-refractivity contribution in [3.63, 3.8) is 0 Å². The molecule has 6 nitrogen and oxygen atoms in total. The fraction of sp³-hybridized carbons (Fsp3) is 0.200. The van der Waals surface area contributed by atoms with Crippen molar-refractivity contribution in [1.29, 1.82) is 0 Å². The van der Waals surface area contributed by atoms with Crippen LogP contribution in [0.5, 0.6) is 17.2 Å². The van der Waals surface area contributed by atoms with Gasteiger partial charge in [-0.3, -0.25) is 14.5 Å². The maximum Gasteiger partial charge on any atom is 0.293 e. The molecule has 3 rings (SSSR count). The van der Waals surface area contributed by atoms with Crippen molar-refractivity contribution in [1.82, 2.24) is 4.90 Å². The molecular formula is C20H18FNO5S. The van der Waals surface area contributed by atoms with Crippen LogP contribution >= 0.6 is 11.8 Å². The van der Waals surface area contributed by atoms with Crippen LogP contribution in [-0.2, 0) is 11.3 Å². The number of hydrogen-bond acceptors (Lipinski definition) is 6. The van der Waals surface area contributed by atoms with Crippen molar-refractivity contribution in [3.05, 3.63) is 58.2 Å². The molecule has 1 saturated heterocycles. The van der Waals surface area contributed by atoms with E-state index in [9.17, 15) is 14.0 Å². The smallest absolute Gasteiger partial charge is 0.293 e. The summed E-state index contributed by atoms with van der Waals surface area (Å²) >= 11 is 0.829. The molecule has 2 amide bonds. The van der Waals surface area contributed by atoms with Crippen LogP contribution in [0.15, 0.2) is 41.3 Å². The van der Waals surface area contributed by atoms with Gasteiger partial charge < -0.3 is 14.2 Å². The second-order valence-electron chi connectivity index (χ2n) is 5.84. The van der Waals surface area contributed by atoms with Crippen molar-refractivity contribution in [3.8, 4) is 17.2 Å². The Morgan fingerprint density at radius 1 is 1.00 bits per heavy atom. The van der Waals surface area contributed by atoms with Crippen LogP contribution in [0, 0.1) is 5.82 Å². The molecule has 28 heavy (non-hydrogen) atoms. The summed E-state index contributed by atoms with van der Waals surface area (Å²) < 4.78 is 29.0. The van der Waals surface area contributed by atoms with E-state index in [-0.39, 0.29) is 17.3 Å². The summed E-state index contributed by atoms with van der Waals surface area (Å²) in [4.78, 5) is 26.4. The summed E-state index contributed by atoms with van der Waals surface area (Å²) in [5, 5.41) is -0.396. The molecule has 0 saturated carbocycles. The lowest BCUT2D eigenvalue weighted by molar-refractivity contribution is -0.123. The van der Waals surface area contributed by atoms with Crippen molar-refractivity contribution in [2.45, 2.75) is 6.54 Å². The highest BCUT2D eigenvalue weighted by molar-refractivity contribution is 8.18. The van der Waals surface area contributed by atoms with Crippen LogP contribution < -0.4 is 14.2 Å². The second kappa shape index (κ2) is 8.35. The zero-order valence-corrected chi connectivity index (χ0v) is 16.3. The van der Waals surface area contributed by atoms with Crippen LogP contribution in [0.3, 0.4) is 0 Å². The number of benzene rings is 2. The highest BCUT2D eigenvalue weighted by Gasteiger charge is 2.35. The Bertz CT molecular complexity index is 917. The Morgan fingerprint density at radius 2 is 1.61 bits per heavy atom. The van der Waals surface area contributed by atoms with Gasteiger partial charge in [-0.2, -0.15) is 0 Å². The summed E-state index contributed by atoms with van der Waals surface area (Å²) in [5.74, 6) is 0.620. The Kier molecular flexibility index (Phi) is 5.89. The van der Waals surface area contributed by atoms with Crippen LogP contribution in [-0.4, -0.2) is 37.4 Å². The number of halogens is 1. The van der Waals surface area contributed by atoms with Gasteiger partial charge in [0.25, 0.3) is 11.1 Å². The zero-order valence-electron chi connectivity index (χ0n) is 15.5. The van der Waals surface area contributed by atoms with E-state index in [2.05, 4.69) is 0 Å². The lowest BCUT2D eigenvalue weighted by Crippen LogP contribution is -2.27. The topological polar surface area (TPSA) is 65.1 Å². The first-order chi connectivity index (χ1) is 13.5. The third-order valence-corrected chi connectivity index (χ3v) is 5.06. The van der Waals surface area contributed by atoms with E-state index in [1.807, 2.05) is 0 Å². The predicted molar refractivity (Wildman–Crippen MR) is 104 cm³/mol. The van der Waals surface area contributed by atoms with Crippen LogP contribution in [0.4, 0.5) is 9.18 Å². The number of methoxy groups -OCH3 is 3.